The third-order valence-electron chi connectivity index (χ3n) is 5.65. The average Bonchev–Trinajstić information content (AvgIpc) is 3.40. The second-order valence-corrected chi connectivity index (χ2v) is 7.67. The predicted molar refractivity (Wildman–Crippen MR) is 108 cm³/mol. The second-order valence-electron chi connectivity index (χ2n) is 7.67. The van der Waals surface area contributed by atoms with Gasteiger partial charge < -0.3 is 15.0 Å². The Bertz CT molecular complexity index is 1200. The minimum Gasteiger partial charge on any atom is -0.321 e. The molecule has 2 N–H and O–H groups in total. The van der Waals surface area contributed by atoms with Crippen LogP contribution in [-0.2, 0) is 12.6 Å². The number of imidazole rings is 1. The minimum absolute atomic E-state index is 0.0748. The molecule has 1 atom stereocenters. The normalized spacial score (nSPS) is 19.5. The number of anilines is 1. The Kier molecular flexibility index (Phi) is 3.73. The quantitative estimate of drug-likeness (QED) is 0.578. The Balaban J connectivity index is 1.41. The van der Waals surface area contributed by atoms with Crippen LogP contribution in [0.4, 0.5) is 5.69 Å². The van der Waals surface area contributed by atoms with Gasteiger partial charge in [-0.15, -0.1) is 0 Å². The van der Waals surface area contributed by atoms with Crippen LogP contribution < -0.4 is 10.6 Å². The van der Waals surface area contributed by atoms with E-state index in [0.717, 1.165) is 47.3 Å². The molecule has 1 fully saturated rings. The molecule has 4 aromatic rings. The number of pyridine rings is 1. The van der Waals surface area contributed by atoms with Crippen molar-refractivity contribution in [2.75, 3.05) is 11.9 Å². The van der Waals surface area contributed by atoms with E-state index in [4.69, 9.17) is 4.98 Å². The zero-order valence-electron chi connectivity index (χ0n) is 15.9. The highest BCUT2D eigenvalue weighted by Gasteiger charge is 2.32. The number of benzene rings is 1. The van der Waals surface area contributed by atoms with Crippen LogP contribution in [0, 0.1) is 0 Å². The third kappa shape index (κ3) is 2.75. The highest BCUT2D eigenvalue weighted by Crippen LogP contribution is 2.30. The molecule has 0 unspecified atom stereocenters. The van der Waals surface area contributed by atoms with Gasteiger partial charge in [0.05, 0.1) is 28.6 Å². The van der Waals surface area contributed by atoms with Crippen molar-refractivity contribution in [1.82, 2.24) is 24.5 Å². The van der Waals surface area contributed by atoms with Gasteiger partial charge in [0, 0.05) is 30.4 Å². The van der Waals surface area contributed by atoms with Gasteiger partial charge in [-0.1, -0.05) is 0 Å². The fourth-order valence-corrected chi connectivity index (χ4v) is 3.95. The summed E-state index contributed by atoms with van der Waals surface area (Å²) in [6, 6.07) is 9.41. The number of hydrogen-bond donors (Lipinski definition) is 2. The van der Waals surface area contributed by atoms with Gasteiger partial charge in [0.1, 0.15) is 5.65 Å². The Morgan fingerprint density at radius 3 is 2.96 bits per heavy atom. The Morgan fingerprint density at radius 1 is 1.25 bits per heavy atom. The van der Waals surface area contributed by atoms with Crippen molar-refractivity contribution in [3.05, 3.63) is 60.2 Å². The fraction of sp³-hybridized carbons (Fsp3) is 0.286. The average molecular weight is 374 g/mol. The molecule has 0 radical (unpaired) electrons. The summed E-state index contributed by atoms with van der Waals surface area (Å²) in [5.41, 5.74) is 4.18. The highest BCUT2D eigenvalue weighted by molar-refractivity contribution is 6.06. The summed E-state index contributed by atoms with van der Waals surface area (Å²) in [5, 5.41) is 11.7. The van der Waals surface area contributed by atoms with E-state index in [1.54, 1.807) is 10.9 Å². The number of carbonyl (C=O) groups is 1. The maximum absolute atomic E-state index is 12.7. The summed E-state index contributed by atoms with van der Waals surface area (Å²) in [4.78, 5) is 17.5. The Hall–Kier alpha value is -3.19. The lowest BCUT2D eigenvalue weighted by molar-refractivity contribution is 0.102. The molecular formula is C21H22N6O. The zero-order valence-corrected chi connectivity index (χ0v) is 15.9. The first-order valence-electron chi connectivity index (χ1n) is 9.49. The van der Waals surface area contributed by atoms with Crippen LogP contribution in [0.3, 0.4) is 0 Å². The molecule has 0 saturated carbocycles. The van der Waals surface area contributed by atoms with Gasteiger partial charge in [0.2, 0.25) is 0 Å². The lowest BCUT2D eigenvalue weighted by atomic mass is 9.97. The number of aromatic nitrogens is 4. The smallest absolute Gasteiger partial charge is 0.255 e. The fourth-order valence-electron chi connectivity index (χ4n) is 3.95. The predicted octanol–water partition coefficient (Wildman–Crippen LogP) is 3.07. The summed E-state index contributed by atoms with van der Waals surface area (Å²) in [5.74, 6) is -0.144. The van der Waals surface area contributed by atoms with Crippen LogP contribution in [-0.4, -0.2) is 31.6 Å². The number of carbonyl (C=O) groups excluding carboxylic acids is 1. The molecule has 1 aliphatic rings. The third-order valence-corrected chi connectivity index (χ3v) is 5.65. The van der Waals surface area contributed by atoms with Crippen molar-refractivity contribution in [2.45, 2.75) is 25.3 Å². The maximum Gasteiger partial charge on any atom is 0.255 e. The van der Waals surface area contributed by atoms with Crippen LogP contribution in [0.5, 0.6) is 0 Å². The van der Waals surface area contributed by atoms with Gasteiger partial charge in [-0.05, 0) is 56.6 Å². The molecule has 3 aromatic heterocycles. The minimum atomic E-state index is -0.144. The molecule has 4 heterocycles. The van der Waals surface area contributed by atoms with E-state index in [0.29, 0.717) is 5.56 Å². The van der Waals surface area contributed by atoms with Crippen LogP contribution in [0.15, 0.2) is 48.9 Å². The van der Waals surface area contributed by atoms with E-state index in [2.05, 4.69) is 22.7 Å². The van der Waals surface area contributed by atoms with Gasteiger partial charge in [-0.3, -0.25) is 9.48 Å². The van der Waals surface area contributed by atoms with Crippen molar-refractivity contribution < 1.29 is 4.79 Å². The number of nitrogens with zero attached hydrogens (tertiary/aromatic N) is 4. The molecule has 0 spiro atoms. The summed E-state index contributed by atoms with van der Waals surface area (Å²) in [7, 11) is 1.89. The lowest BCUT2D eigenvalue weighted by Gasteiger charge is -2.21. The Morgan fingerprint density at radius 2 is 2.14 bits per heavy atom. The molecule has 142 valence electrons. The first kappa shape index (κ1) is 16.9. The molecule has 28 heavy (non-hydrogen) atoms. The van der Waals surface area contributed by atoms with Gasteiger partial charge in [0.25, 0.3) is 5.91 Å². The van der Waals surface area contributed by atoms with Gasteiger partial charge in [0.15, 0.2) is 0 Å². The summed E-state index contributed by atoms with van der Waals surface area (Å²) in [6.45, 7) is 3.21. The summed E-state index contributed by atoms with van der Waals surface area (Å²) < 4.78 is 3.77. The van der Waals surface area contributed by atoms with E-state index < -0.39 is 0 Å². The summed E-state index contributed by atoms with van der Waals surface area (Å²) >= 11 is 0. The van der Waals surface area contributed by atoms with Crippen molar-refractivity contribution in [1.29, 1.82) is 0 Å². The molecule has 7 heteroatoms. The number of rotatable bonds is 3. The number of nitrogens with one attached hydrogen (secondary N) is 2. The molecule has 1 saturated heterocycles. The number of aryl methyl sites for hydroxylation is 1. The van der Waals surface area contributed by atoms with Gasteiger partial charge in [-0.2, -0.15) is 5.10 Å². The van der Waals surface area contributed by atoms with Crippen molar-refractivity contribution in [2.24, 2.45) is 7.05 Å². The van der Waals surface area contributed by atoms with Crippen LogP contribution in [0.2, 0.25) is 0 Å². The van der Waals surface area contributed by atoms with E-state index in [-0.39, 0.29) is 11.4 Å². The van der Waals surface area contributed by atoms with E-state index in [1.165, 1.54) is 0 Å². The second kappa shape index (κ2) is 6.17. The monoisotopic (exact) mass is 374 g/mol. The van der Waals surface area contributed by atoms with Gasteiger partial charge >= 0.3 is 0 Å². The van der Waals surface area contributed by atoms with Crippen molar-refractivity contribution in [3.8, 4) is 0 Å². The summed E-state index contributed by atoms with van der Waals surface area (Å²) in [6.07, 6.45) is 7.96. The number of fused-ring (bicyclic) bond motifs is 2. The highest BCUT2D eigenvalue weighted by atomic mass is 16.1. The molecule has 1 amide bonds. The lowest BCUT2D eigenvalue weighted by Crippen LogP contribution is -2.33. The first-order valence-corrected chi connectivity index (χ1v) is 9.49. The zero-order chi connectivity index (χ0) is 19.3. The Labute approximate surface area is 162 Å². The molecule has 7 nitrogen and oxygen atoms in total. The SMILES string of the molecule is Cn1ncc2cc(C(=O)Nc3ccc4nc([C@@]5(C)CCCN5)cn4c3)ccc21. The molecular weight excluding hydrogens is 352 g/mol. The van der Waals surface area contributed by atoms with Crippen LogP contribution in [0.1, 0.15) is 35.8 Å². The van der Waals surface area contributed by atoms with Gasteiger partial charge in [-0.25, -0.2) is 4.98 Å². The van der Waals surface area contributed by atoms with E-state index >= 15 is 0 Å². The maximum atomic E-state index is 12.7. The number of hydrogen-bond acceptors (Lipinski definition) is 4. The van der Waals surface area contributed by atoms with Crippen molar-refractivity contribution in [3.63, 3.8) is 0 Å². The molecule has 0 bridgehead atoms. The molecule has 0 aliphatic carbocycles. The van der Waals surface area contributed by atoms with Crippen LogP contribution >= 0.6 is 0 Å². The van der Waals surface area contributed by atoms with E-state index in [9.17, 15) is 4.79 Å². The largest absolute Gasteiger partial charge is 0.321 e. The topological polar surface area (TPSA) is 76.2 Å². The van der Waals surface area contributed by atoms with E-state index in [1.807, 2.05) is 54.2 Å². The van der Waals surface area contributed by atoms with Crippen LogP contribution in [0.25, 0.3) is 16.6 Å². The number of amides is 1. The first-order chi connectivity index (χ1) is 13.5. The molecule has 1 aromatic carbocycles. The standard InChI is InChI=1S/C21H22N6O/c1-21(8-3-9-22-21)18-13-27-12-16(5-7-19(27)25-18)24-20(28)14-4-6-17-15(10-14)11-23-26(17)2/h4-7,10-13,22H,3,8-9H2,1-2H3,(H,24,28)/t21-/m1/s1. The molecule has 5 rings (SSSR count). The molecule has 1 aliphatic heterocycles. The van der Waals surface area contributed by atoms with Crippen molar-refractivity contribution >= 4 is 28.1 Å².